The summed E-state index contributed by atoms with van der Waals surface area (Å²) in [5.41, 5.74) is 1.97. The van der Waals surface area contributed by atoms with E-state index in [1.807, 2.05) is 38.1 Å². The molecule has 0 saturated carbocycles. The van der Waals surface area contributed by atoms with E-state index in [2.05, 4.69) is 12.2 Å². The van der Waals surface area contributed by atoms with Gasteiger partial charge in [0, 0.05) is 12.6 Å². The average Bonchev–Trinajstić information content (AvgIpc) is 2.77. The molecule has 0 fully saturated rings. The van der Waals surface area contributed by atoms with Gasteiger partial charge in [-0.15, -0.1) is 0 Å². The highest BCUT2D eigenvalue weighted by molar-refractivity contribution is 6.42. The Bertz CT molecular complexity index is 887. The first-order chi connectivity index (χ1) is 14.7. The second-order valence-corrected chi connectivity index (χ2v) is 8.36. The van der Waals surface area contributed by atoms with Crippen LogP contribution >= 0.6 is 23.2 Å². The maximum absolute atomic E-state index is 13.1. The zero-order valence-electron chi connectivity index (χ0n) is 18.5. The lowest BCUT2D eigenvalue weighted by molar-refractivity contribution is -0.142. The Balaban J connectivity index is 2.16. The Morgan fingerprint density at radius 1 is 1.00 bits per heavy atom. The molecule has 0 radical (unpaired) electrons. The van der Waals surface area contributed by atoms with E-state index in [1.54, 1.807) is 25.1 Å². The zero-order chi connectivity index (χ0) is 23.0. The molecule has 0 heterocycles. The fourth-order valence-corrected chi connectivity index (χ4v) is 3.25. The summed E-state index contributed by atoms with van der Waals surface area (Å²) in [4.78, 5) is 27.3. The summed E-state index contributed by atoms with van der Waals surface area (Å²) in [7, 11) is 0. The fraction of sp³-hybridized carbons (Fsp3) is 0.417. The van der Waals surface area contributed by atoms with Gasteiger partial charge >= 0.3 is 0 Å². The number of rotatable bonds is 10. The van der Waals surface area contributed by atoms with Crippen molar-refractivity contribution in [2.24, 2.45) is 0 Å². The van der Waals surface area contributed by atoms with Gasteiger partial charge in [0.25, 0.3) is 5.91 Å². The van der Waals surface area contributed by atoms with E-state index in [-0.39, 0.29) is 31.0 Å². The molecule has 0 spiro atoms. The molecule has 0 unspecified atom stereocenters. The van der Waals surface area contributed by atoms with Crippen LogP contribution in [0, 0.1) is 0 Å². The van der Waals surface area contributed by atoms with Gasteiger partial charge in [0.15, 0.2) is 6.61 Å². The van der Waals surface area contributed by atoms with Crippen molar-refractivity contribution >= 4 is 35.0 Å². The summed E-state index contributed by atoms with van der Waals surface area (Å²) in [6.07, 6.45) is 1.73. The molecular formula is C24H30Cl2N2O3. The van der Waals surface area contributed by atoms with Gasteiger partial charge in [-0.25, -0.2) is 0 Å². The zero-order valence-corrected chi connectivity index (χ0v) is 20.0. The van der Waals surface area contributed by atoms with Crippen LogP contribution in [0.4, 0.5) is 0 Å². The van der Waals surface area contributed by atoms with Gasteiger partial charge in [0.1, 0.15) is 11.8 Å². The van der Waals surface area contributed by atoms with Crippen LogP contribution in [0.1, 0.15) is 45.2 Å². The van der Waals surface area contributed by atoms with Crippen LogP contribution in [0.2, 0.25) is 10.0 Å². The maximum atomic E-state index is 13.1. The summed E-state index contributed by atoms with van der Waals surface area (Å²) < 4.78 is 5.69. The summed E-state index contributed by atoms with van der Waals surface area (Å²) in [5, 5.41) is 3.77. The van der Waals surface area contributed by atoms with Crippen molar-refractivity contribution in [3.8, 4) is 5.75 Å². The monoisotopic (exact) mass is 464 g/mol. The molecule has 0 aliphatic rings. The van der Waals surface area contributed by atoms with Gasteiger partial charge in [-0.3, -0.25) is 9.59 Å². The van der Waals surface area contributed by atoms with Gasteiger partial charge in [-0.05, 0) is 62.1 Å². The van der Waals surface area contributed by atoms with E-state index in [9.17, 15) is 9.59 Å². The number of amides is 2. The minimum absolute atomic E-state index is 0.0187. The van der Waals surface area contributed by atoms with E-state index in [0.29, 0.717) is 15.8 Å². The molecule has 0 aromatic heterocycles. The number of nitrogens with zero attached hydrogens (tertiary/aromatic N) is 1. The lowest BCUT2D eigenvalue weighted by atomic mass is 10.1. The molecule has 2 atom stereocenters. The number of hydrogen-bond acceptors (Lipinski definition) is 3. The fourth-order valence-electron chi connectivity index (χ4n) is 2.93. The summed E-state index contributed by atoms with van der Waals surface area (Å²) in [5.74, 6) is 0.101. The summed E-state index contributed by atoms with van der Waals surface area (Å²) in [6, 6.07) is 12.1. The lowest BCUT2D eigenvalue weighted by Gasteiger charge is -2.29. The molecule has 0 saturated heterocycles. The second kappa shape index (κ2) is 12.0. The van der Waals surface area contributed by atoms with E-state index in [1.165, 1.54) is 10.5 Å². The highest BCUT2D eigenvalue weighted by atomic mass is 35.5. The Kier molecular flexibility index (Phi) is 9.66. The maximum Gasteiger partial charge on any atom is 0.261 e. The van der Waals surface area contributed by atoms with Crippen LogP contribution in [-0.2, 0) is 22.6 Å². The number of halogens is 2. The van der Waals surface area contributed by atoms with Crippen molar-refractivity contribution in [3.63, 3.8) is 0 Å². The molecule has 2 amide bonds. The molecular weight excluding hydrogens is 435 g/mol. The van der Waals surface area contributed by atoms with E-state index >= 15 is 0 Å². The van der Waals surface area contributed by atoms with Crippen LogP contribution in [-0.4, -0.2) is 35.4 Å². The number of hydrogen-bond donors (Lipinski definition) is 1. The molecule has 0 aliphatic heterocycles. The Morgan fingerprint density at radius 2 is 1.65 bits per heavy atom. The normalized spacial score (nSPS) is 12.7. The minimum atomic E-state index is -0.679. The quantitative estimate of drug-likeness (QED) is 0.520. The van der Waals surface area contributed by atoms with Crippen molar-refractivity contribution in [2.75, 3.05) is 6.61 Å². The first-order valence-electron chi connectivity index (χ1n) is 10.5. The Hall–Kier alpha value is -2.24. The first kappa shape index (κ1) is 25.0. The number of nitrogens with one attached hydrogen (secondary N) is 1. The van der Waals surface area contributed by atoms with E-state index in [4.69, 9.17) is 27.9 Å². The molecule has 2 rings (SSSR count). The molecule has 7 heteroatoms. The SMILES string of the molecule is CCc1ccc(OCC(=O)N(Cc2ccc(Cl)c(Cl)c2)[C@@H](C)C(=O)N[C@H](C)CC)cc1. The van der Waals surface area contributed by atoms with E-state index < -0.39 is 6.04 Å². The third kappa shape index (κ3) is 7.44. The minimum Gasteiger partial charge on any atom is -0.484 e. The molecule has 0 aliphatic carbocycles. The second-order valence-electron chi connectivity index (χ2n) is 7.55. The van der Waals surface area contributed by atoms with Gasteiger partial charge in [0.05, 0.1) is 10.0 Å². The van der Waals surface area contributed by atoms with Crippen LogP contribution in [0.25, 0.3) is 0 Å². The van der Waals surface area contributed by atoms with Crippen molar-refractivity contribution in [3.05, 3.63) is 63.6 Å². The molecule has 2 aromatic rings. The topological polar surface area (TPSA) is 58.6 Å². The predicted octanol–water partition coefficient (Wildman–Crippen LogP) is 5.27. The van der Waals surface area contributed by atoms with Gasteiger partial charge in [-0.1, -0.05) is 55.2 Å². The number of aryl methyl sites for hydroxylation is 1. The van der Waals surface area contributed by atoms with Crippen molar-refractivity contribution in [1.29, 1.82) is 0 Å². The van der Waals surface area contributed by atoms with Gasteiger partial charge < -0.3 is 15.0 Å². The largest absolute Gasteiger partial charge is 0.484 e. The first-order valence-corrected chi connectivity index (χ1v) is 11.3. The lowest BCUT2D eigenvalue weighted by Crippen LogP contribution is -2.50. The van der Waals surface area contributed by atoms with Gasteiger partial charge in [0.2, 0.25) is 5.91 Å². The smallest absolute Gasteiger partial charge is 0.261 e. The number of benzene rings is 2. The van der Waals surface area contributed by atoms with Crippen molar-refractivity contribution in [2.45, 2.75) is 59.2 Å². The van der Waals surface area contributed by atoms with E-state index in [0.717, 1.165) is 18.4 Å². The molecule has 5 nitrogen and oxygen atoms in total. The summed E-state index contributed by atoms with van der Waals surface area (Å²) in [6.45, 7) is 7.75. The van der Waals surface area contributed by atoms with Crippen molar-refractivity contribution < 1.29 is 14.3 Å². The molecule has 1 N–H and O–H groups in total. The highest BCUT2D eigenvalue weighted by Crippen LogP contribution is 2.24. The molecule has 2 aromatic carbocycles. The standard InChI is InChI=1S/C24H30Cl2N2O3/c1-5-16(3)27-24(30)17(4)28(14-19-9-12-21(25)22(26)13-19)23(29)15-31-20-10-7-18(6-2)8-11-20/h7-13,16-17H,5-6,14-15H2,1-4H3,(H,27,30)/t16-,17+/m1/s1. The molecule has 31 heavy (non-hydrogen) atoms. The van der Waals surface area contributed by atoms with Crippen LogP contribution in [0.5, 0.6) is 5.75 Å². The average molecular weight is 465 g/mol. The predicted molar refractivity (Wildman–Crippen MR) is 126 cm³/mol. The third-order valence-corrected chi connectivity index (χ3v) is 5.94. The Labute approximate surface area is 194 Å². The molecule has 168 valence electrons. The molecule has 0 bridgehead atoms. The highest BCUT2D eigenvalue weighted by Gasteiger charge is 2.27. The summed E-state index contributed by atoms with van der Waals surface area (Å²) >= 11 is 12.1. The third-order valence-electron chi connectivity index (χ3n) is 5.20. The number of carbonyl (C=O) groups is 2. The van der Waals surface area contributed by atoms with Crippen molar-refractivity contribution in [1.82, 2.24) is 10.2 Å². The van der Waals surface area contributed by atoms with Gasteiger partial charge in [-0.2, -0.15) is 0 Å². The van der Waals surface area contributed by atoms with Crippen LogP contribution < -0.4 is 10.1 Å². The van der Waals surface area contributed by atoms with Crippen LogP contribution in [0.3, 0.4) is 0 Å². The van der Waals surface area contributed by atoms with Crippen LogP contribution in [0.15, 0.2) is 42.5 Å². The number of ether oxygens (including phenoxy) is 1. The number of carbonyl (C=O) groups excluding carboxylic acids is 2. The Morgan fingerprint density at radius 3 is 2.23 bits per heavy atom.